The second-order valence-corrected chi connectivity index (χ2v) is 20.8. The summed E-state index contributed by atoms with van der Waals surface area (Å²) in [5.74, 6) is 0.0486. The van der Waals surface area contributed by atoms with E-state index in [9.17, 15) is 24.0 Å². The molecule has 21 nitrogen and oxygen atoms in total. The highest BCUT2D eigenvalue weighted by Crippen LogP contribution is 2.20. The van der Waals surface area contributed by atoms with Crippen molar-refractivity contribution in [2.75, 3.05) is 13.1 Å². The molecule has 8 aromatic rings. The molecular formula is C52H56N14O7S2. The quantitative estimate of drug-likeness (QED) is 0.0586. The number of benzene rings is 2. The van der Waals surface area contributed by atoms with E-state index < -0.39 is 29.3 Å². The van der Waals surface area contributed by atoms with Crippen molar-refractivity contribution in [3.8, 4) is 6.07 Å². The zero-order chi connectivity index (χ0) is 53.7. The van der Waals surface area contributed by atoms with E-state index in [1.165, 1.54) is 34.9 Å². The van der Waals surface area contributed by atoms with E-state index >= 15 is 0 Å². The molecule has 6 N–H and O–H groups in total. The first-order valence-electron chi connectivity index (χ1n) is 23.7. The number of carbonyl (C=O) groups is 5. The molecule has 0 atom stereocenters. The maximum absolute atomic E-state index is 12.9. The number of hydrogen-bond acceptors (Lipinski definition) is 16. The first-order valence-corrected chi connectivity index (χ1v) is 25.4. The van der Waals surface area contributed by atoms with Crippen molar-refractivity contribution in [3.63, 3.8) is 0 Å². The van der Waals surface area contributed by atoms with Crippen LogP contribution in [-0.2, 0) is 48.5 Å². The lowest BCUT2D eigenvalue weighted by molar-refractivity contribution is 0.0221. The molecule has 0 aliphatic carbocycles. The fourth-order valence-electron chi connectivity index (χ4n) is 6.98. The van der Waals surface area contributed by atoms with Crippen LogP contribution in [0.5, 0.6) is 0 Å². The first-order chi connectivity index (χ1) is 35.8. The van der Waals surface area contributed by atoms with Gasteiger partial charge >= 0.3 is 12.2 Å². The number of hydrogen-bond donors (Lipinski definition) is 5. The minimum Gasteiger partial charge on any atom is -0.444 e. The average molecular weight is 1050 g/mol. The van der Waals surface area contributed by atoms with Crippen LogP contribution in [0.2, 0.25) is 0 Å². The van der Waals surface area contributed by atoms with Crippen LogP contribution in [-0.4, -0.2) is 104 Å². The van der Waals surface area contributed by atoms with Crippen molar-refractivity contribution >= 4 is 74.6 Å². The Bertz CT molecular complexity index is 3240. The number of rotatable bonds is 17. The molecule has 23 heteroatoms. The van der Waals surface area contributed by atoms with Crippen molar-refractivity contribution in [1.29, 1.82) is 5.26 Å². The topological polar surface area (TPSA) is 293 Å². The second kappa shape index (κ2) is 24.4. The molecule has 0 fully saturated rings. The van der Waals surface area contributed by atoms with E-state index in [1.807, 2.05) is 96.1 Å². The van der Waals surface area contributed by atoms with Gasteiger partial charge in [0.05, 0.1) is 45.2 Å². The Balaban J connectivity index is 0.000000219. The summed E-state index contributed by atoms with van der Waals surface area (Å²) in [5.41, 5.74) is 9.91. The number of H-pyrrole nitrogens is 2. The molecule has 6 heterocycles. The van der Waals surface area contributed by atoms with Crippen LogP contribution in [0, 0.1) is 11.3 Å². The number of nitrogens with two attached hydrogens (primary N) is 1. The Labute approximate surface area is 440 Å². The fraction of sp³-hybridized carbons (Fsp3) is 0.308. The highest BCUT2D eigenvalue weighted by Gasteiger charge is 2.26. The van der Waals surface area contributed by atoms with E-state index in [4.69, 9.17) is 20.5 Å². The summed E-state index contributed by atoms with van der Waals surface area (Å²) < 4.78 is 11.2. The Morgan fingerprint density at radius 3 is 1.47 bits per heavy atom. The van der Waals surface area contributed by atoms with Crippen LogP contribution in [0.15, 0.2) is 96.0 Å². The van der Waals surface area contributed by atoms with Gasteiger partial charge in [-0.15, -0.1) is 22.7 Å². The Morgan fingerprint density at radius 1 is 0.627 bits per heavy atom. The molecular weight excluding hydrogens is 997 g/mol. The molecule has 75 heavy (non-hydrogen) atoms. The second-order valence-electron chi connectivity index (χ2n) is 18.9. The Morgan fingerprint density at radius 2 is 1.08 bits per heavy atom. The highest BCUT2D eigenvalue weighted by molar-refractivity contribution is 7.10. The van der Waals surface area contributed by atoms with Crippen molar-refractivity contribution < 1.29 is 33.4 Å². The summed E-state index contributed by atoms with van der Waals surface area (Å²) in [5, 5.41) is 19.2. The van der Waals surface area contributed by atoms with Gasteiger partial charge in [0.25, 0.3) is 17.7 Å². The van der Waals surface area contributed by atoms with Crippen LogP contribution in [0.3, 0.4) is 0 Å². The van der Waals surface area contributed by atoms with Gasteiger partial charge in [0.15, 0.2) is 0 Å². The number of fused-ring (bicyclic) bond motifs is 2. The summed E-state index contributed by atoms with van der Waals surface area (Å²) in [6, 6.07) is 23.8. The summed E-state index contributed by atoms with van der Waals surface area (Å²) in [4.78, 5) is 97.8. The van der Waals surface area contributed by atoms with Gasteiger partial charge in [-0.2, -0.15) is 5.26 Å². The van der Waals surface area contributed by atoms with Crippen LogP contribution < -0.4 is 16.4 Å². The molecule has 388 valence electrons. The summed E-state index contributed by atoms with van der Waals surface area (Å²) in [6.45, 7) is 12.6. The zero-order valence-electron chi connectivity index (χ0n) is 42.2. The van der Waals surface area contributed by atoms with Crippen molar-refractivity contribution in [1.82, 2.24) is 60.3 Å². The lowest BCUT2D eigenvalue weighted by atomic mass is 10.2. The third-order valence-electron chi connectivity index (χ3n) is 10.5. The van der Waals surface area contributed by atoms with Gasteiger partial charge in [0.1, 0.15) is 51.7 Å². The number of ether oxygens (including phenoxy) is 2. The van der Waals surface area contributed by atoms with Crippen LogP contribution in [0.4, 0.5) is 9.59 Å². The summed E-state index contributed by atoms with van der Waals surface area (Å²) in [6.07, 6.45) is 3.04. The number of amides is 5. The molecule has 0 bridgehead atoms. The number of nitrogens with one attached hydrogen (secondary N) is 4. The lowest BCUT2D eigenvalue weighted by Crippen LogP contribution is -2.38. The SMILES string of the molecule is CC(C)(C)OC(=O)N(CCc1nc(C(=O)NCc2ccc(C#N)nc2)cs1)Cc1nc2ccccc2[nH]1.CC(C)(C)OC(=O)N(CCc1nc(C(=O)NCc2ccc(C(N)=O)nc2)cs1)Cc1nc2ccccc2[nH]1. The third kappa shape index (κ3) is 16.2. The normalized spacial score (nSPS) is 11.3. The number of primary amides is 1. The molecule has 5 amide bonds. The van der Waals surface area contributed by atoms with Gasteiger partial charge < -0.3 is 45.6 Å². The average Bonchev–Trinajstić information content (AvgIpc) is 4.21. The van der Waals surface area contributed by atoms with Gasteiger partial charge in [0.2, 0.25) is 0 Å². The van der Waals surface area contributed by atoms with Gasteiger partial charge in [-0.1, -0.05) is 36.4 Å². The highest BCUT2D eigenvalue weighted by atomic mass is 32.1. The molecule has 0 saturated heterocycles. The van der Waals surface area contributed by atoms with Crippen LogP contribution in [0.1, 0.15) is 111 Å². The molecule has 0 saturated carbocycles. The third-order valence-corrected chi connectivity index (χ3v) is 12.4. The van der Waals surface area contributed by atoms with Crippen LogP contribution >= 0.6 is 22.7 Å². The van der Waals surface area contributed by atoms with E-state index in [2.05, 4.69) is 50.5 Å². The molecule has 0 unspecified atom stereocenters. The van der Waals surface area contributed by atoms with E-state index in [0.29, 0.717) is 54.0 Å². The maximum atomic E-state index is 12.9. The monoisotopic (exact) mass is 1050 g/mol. The molecule has 2 aromatic carbocycles. The lowest BCUT2D eigenvalue weighted by Gasteiger charge is -2.26. The summed E-state index contributed by atoms with van der Waals surface area (Å²) >= 11 is 2.70. The first kappa shape index (κ1) is 54.2. The van der Waals surface area contributed by atoms with E-state index in [-0.39, 0.29) is 49.4 Å². The van der Waals surface area contributed by atoms with Crippen molar-refractivity contribution in [2.24, 2.45) is 5.73 Å². The fourth-order valence-corrected chi connectivity index (χ4v) is 8.52. The predicted molar refractivity (Wildman–Crippen MR) is 281 cm³/mol. The number of imidazole rings is 2. The number of aromatic amines is 2. The molecule has 0 radical (unpaired) electrons. The molecule has 6 aromatic heterocycles. The number of nitriles is 1. The van der Waals surface area contributed by atoms with E-state index in [1.54, 1.807) is 45.0 Å². The smallest absolute Gasteiger partial charge is 0.410 e. The Kier molecular flexibility index (Phi) is 17.6. The standard InChI is InChI=1S/C26H29N7O4S.C26H27N7O3S/c1-26(2,3)37-25(36)33(14-21-30-17-6-4-5-7-18(17)31-21)11-10-22-32-20(15-38-22)24(35)29-13-16-8-9-19(23(27)34)28-12-16;1-26(2,3)36-25(35)33(15-22-30-19-6-4-5-7-20(19)31-22)11-10-23-32-21(16-37-23)24(34)29-14-17-8-9-18(12-27)28-13-17/h4-9,12,15H,10-11,13-14H2,1-3H3,(H2,27,34)(H,29,35)(H,30,31);4-9,13,16H,10-11,14-15H2,1-3H3,(H,29,34)(H,30,31). The minimum absolute atomic E-state index is 0.157. The number of aromatic nitrogens is 8. The van der Waals surface area contributed by atoms with Crippen molar-refractivity contribution in [2.45, 2.75) is 91.8 Å². The Hall–Kier alpha value is -8.62. The number of pyridine rings is 2. The number of para-hydroxylation sites is 4. The minimum atomic E-state index is -0.647. The maximum Gasteiger partial charge on any atom is 0.410 e. The number of nitrogens with zero attached hydrogens (tertiary/aromatic N) is 9. The molecule has 0 spiro atoms. The van der Waals surface area contributed by atoms with Gasteiger partial charge in [-0.25, -0.2) is 34.5 Å². The number of carbonyl (C=O) groups excluding carboxylic acids is 5. The largest absolute Gasteiger partial charge is 0.444 e. The zero-order valence-corrected chi connectivity index (χ0v) is 43.8. The van der Waals surface area contributed by atoms with Crippen molar-refractivity contribution in [3.05, 3.63) is 152 Å². The predicted octanol–water partition coefficient (Wildman–Crippen LogP) is 7.62. The number of thiazole rings is 2. The van der Waals surface area contributed by atoms with Crippen LogP contribution in [0.25, 0.3) is 22.1 Å². The molecule has 0 aliphatic rings. The van der Waals surface area contributed by atoms with Gasteiger partial charge in [-0.3, -0.25) is 19.4 Å². The summed E-state index contributed by atoms with van der Waals surface area (Å²) in [7, 11) is 0. The molecule has 8 rings (SSSR count). The van der Waals surface area contributed by atoms with Gasteiger partial charge in [0, 0.05) is 62.2 Å². The van der Waals surface area contributed by atoms with E-state index in [0.717, 1.165) is 38.2 Å². The molecule has 0 aliphatic heterocycles. The van der Waals surface area contributed by atoms with Gasteiger partial charge in [-0.05, 0) is 89.1 Å².